The van der Waals surface area contributed by atoms with E-state index in [1.807, 2.05) is 7.05 Å². The molecule has 2 heterocycles. The van der Waals surface area contributed by atoms with Crippen molar-refractivity contribution in [1.29, 1.82) is 0 Å². The molecule has 1 aromatic heterocycles. The summed E-state index contributed by atoms with van der Waals surface area (Å²) in [6.45, 7) is 1.50. The van der Waals surface area contributed by atoms with Gasteiger partial charge in [0.1, 0.15) is 0 Å². The summed E-state index contributed by atoms with van der Waals surface area (Å²) >= 11 is 0. The number of aromatic amines is 1. The molecule has 2 N–H and O–H groups in total. The van der Waals surface area contributed by atoms with Gasteiger partial charge in [-0.2, -0.15) is 0 Å². The van der Waals surface area contributed by atoms with Crippen molar-refractivity contribution in [1.82, 2.24) is 14.5 Å². The van der Waals surface area contributed by atoms with Crippen LogP contribution in [0.5, 0.6) is 0 Å². The van der Waals surface area contributed by atoms with Crippen LogP contribution in [0.4, 0.5) is 0 Å². The minimum Gasteiger partial charge on any atom is -0.478 e. The van der Waals surface area contributed by atoms with Crippen LogP contribution in [0.15, 0.2) is 27.8 Å². The largest absolute Gasteiger partial charge is 0.478 e. The van der Waals surface area contributed by atoms with E-state index >= 15 is 0 Å². The third-order valence-electron chi connectivity index (χ3n) is 3.92. The standard InChI is InChI=1S/C14H15N3O4/c1-16-6-5-8(7-16)17-10-4-2-3-9(14(20)21)11(10)15-12(18)13(17)19/h2-4,8H,5-7H2,1H3,(H,15,18)(H,20,21). The predicted molar refractivity (Wildman–Crippen MR) is 76.9 cm³/mol. The number of aromatic carboxylic acids is 1. The summed E-state index contributed by atoms with van der Waals surface area (Å²) in [4.78, 5) is 39.8. The first kappa shape index (κ1) is 13.6. The summed E-state index contributed by atoms with van der Waals surface area (Å²) in [7, 11) is 1.95. The molecule has 0 radical (unpaired) electrons. The number of aromatic nitrogens is 2. The fourth-order valence-corrected chi connectivity index (χ4v) is 2.92. The maximum absolute atomic E-state index is 12.2. The monoisotopic (exact) mass is 289 g/mol. The summed E-state index contributed by atoms with van der Waals surface area (Å²) in [6, 6.07) is 4.54. The second-order valence-corrected chi connectivity index (χ2v) is 5.34. The molecule has 1 unspecified atom stereocenters. The fraction of sp³-hybridized carbons (Fsp3) is 0.357. The molecule has 1 fully saturated rings. The van der Waals surface area contributed by atoms with Crippen molar-refractivity contribution in [2.45, 2.75) is 12.5 Å². The van der Waals surface area contributed by atoms with Crippen molar-refractivity contribution in [2.24, 2.45) is 0 Å². The van der Waals surface area contributed by atoms with Crippen molar-refractivity contribution in [2.75, 3.05) is 20.1 Å². The summed E-state index contributed by atoms with van der Waals surface area (Å²) in [5, 5.41) is 9.22. The van der Waals surface area contributed by atoms with E-state index in [0.29, 0.717) is 12.1 Å². The number of benzene rings is 1. The summed E-state index contributed by atoms with van der Waals surface area (Å²) in [6.07, 6.45) is 0.756. The number of carbonyl (C=O) groups is 1. The van der Waals surface area contributed by atoms with Gasteiger partial charge in [-0.1, -0.05) is 6.07 Å². The van der Waals surface area contributed by atoms with Crippen LogP contribution in [0.1, 0.15) is 22.8 Å². The van der Waals surface area contributed by atoms with Gasteiger partial charge in [0, 0.05) is 6.54 Å². The van der Waals surface area contributed by atoms with Gasteiger partial charge in [-0.3, -0.25) is 14.2 Å². The zero-order valence-corrected chi connectivity index (χ0v) is 11.5. The number of likely N-dealkylation sites (tertiary alicyclic amines) is 1. The molecule has 0 saturated carbocycles. The number of para-hydroxylation sites is 1. The van der Waals surface area contributed by atoms with E-state index in [-0.39, 0.29) is 17.1 Å². The molecule has 0 bridgehead atoms. The van der Waals surface area contributed by atoms with Gasteiger partial charge >= 0.3 is 17.1 Å². The average Bonchev–Trinajstić information content (AvgIpc) is 2.85. The first-order valence-electron chi connectivity index (χ1n) is 6.68. The lowest BCUT2D eigenvalue weighted by Crippen LogP contribution is -2.39. The quantitative estimate of drug-likeness (QED) is 0.773. The number of nitrogens with one attached hydrogen (secondary N) is 1. The molecule has 7 nitrogen and oxygen atoms in total. The number of carboxylic acids is 1. The van der Waals surface area contributed by atoms with Gasteiger partial charge in [-0.15, -0.1) is 0 Å². The molecule has 21 heavy (non-hydrogen) atoms. The van der Waals surface area contributed by atoms with E-state index in [1.54, 1.807) is 12.1 Å². The Hall–Kier alpha value is -2.41. The second-order valence-electron chi connectivity index (χ2n) is 5.34. The third-order valence-corrected chi connectivity index (χ3v) is 3.92. The van der Waals surface area contributed by atoms with Crippen molar-refractivity contribution < 1.29 is 9.90 Å². The Morgan fingerprint density at radius 3 is 2.76 bits per heavy atom. The number of hydrogen-bond acceptors (Lipinski definition) is 4. The van der Waals surface area contributed by atoms with Crippen LogP contribution in [-0.4, -0.2) is 45.7 Å². The van der Waals surface area contributed by atoms with E-state index in [1.165, 1.54) is 10.6 Å². The molecule has 0 aliphatic carbocycles. The van der Waals surface area contributed by atoms with E-state index in [4.69, 9.17) is 0 Å². The fourth-order valence-electron chi connectivity index (χ4n) is 2.92. The number of rotatable bonds is 2. The minimum absolute atomic E-state index is 0.00954. The molecule has 1 aliphatic heterocycles. The van der Waals surface area contributed by atoms with Gasteiger partial charge in [0.05, 0.1) is 22.6 Å². The molecule has 1 saturated heterocycles. The minimum atomic E-state index is -1.13. The molecular formula is C14H15N3O4. The van der Waals surface area contributed by atoms with E-state index in [9.17, 15) is 19.5 Å². The zero-order chi connectivity index (χ0) is 15.1. The third kappa shape index (κ3) is 2.15. The molecule has 0 amide bonds. The predicted octanol–water partition coefficient (Wildman–Crippen LogP) is 0.265. The lowest BCUT2D eigenvalue weighted by atomic mass is 10.1. The van der Waals surface area contributed by atoms with Crippen LogP contribution in [-0.2, 0) is 0 Å². The van der Waals surface area contributed by atoms with Gasteiger partial charge in [0.25, 0.3) is 0 Å². The number of nitrogens with zero attached hydrogens (tertiary/aromatic N) is 2. The van der Waals surface area contributed by atoms with Crippen LogP contribution >= 0.6 is 0 Å². The number of likely N-dealkylation sites (N-methyl/N-ethyl adjacent to an activating group) is 1. The van der Waals surface area contributed by atoms with Crippen molar-refractivity contribution >= 4 is 17.0 Å². The molecule has 7 heteroatoms. The number of hydrogen-bond donors (Lipinski definition) is 2. The molecule has 1 aliphatic rings. The van der Waals surface area contributed by atoms with Crippen LogP contribution in [0.25, 0.3) is 11.0 Å². The summed E-state index contributed by atoms with van der Waals surface area (Å²) in [5.41, 5.74) is -0.773. The van der Waals surface area contributed by atoms with E-state index in [2.05, 4.69) is 9.88 Å². The number of fused-ring (bicyclic) bond motifs is 1. The van der Waals surface area contributed by atoms with Crippen LogP contribution in [0.3, 0.4) is 0 Å². The van der Waals surface area contributed by atoms with Crippen LogP contribution in [0, 0.1) is 0 Å². The lowest BCUT2D eigenvalue weighted by molar-refractivity contribution is 0.0698. The molecule has 1 atom stereocenters. The Labute approximate surface area is 119 Å². The highest BCUT2D eigenvalue weighted by atomic mass is 16.4. The first-order valence-corrected chi connectivity index (χ1v) is 6.68. The molecular weight excluding hydrogens is 274 g/mol. The molecule has 110 valence electrons. The Bertz CT molecular complexity index is 836. The van der Waals surface area contributed by atoms with Gasteiger partial charge in [0.15, 0.2) is 0 Å². The van der Waals surface area contributed by atoms with E-state index in [0.717, 1.165) is 13.0 Å². The van der Waals surface area contributed by atoms with Crippen LogP contribution in [0.2, 0.25) is 0 Å². The Balaban J connectivity index is 2.35. The maximum atomic E-state index is 12.2. The van der Waals surface area contributed by atoms with Gasteiger partial charge in [0.2, 0.25) is 0 Å². The number of H-pyrrole nitrogens is 1. The van der Waals surface area contributed by atoms with Gasteiger partial charge < -0.3 is 15.0 Å². The maximum Gasteiger partial charge on any atom is 0.337 e. The number of carboxylic acid groups (broad SMARTS) is 1. The lowest BCUT2D eigenvalue weighted by Gasteiger charge is -2.17. The average molecular weight is 289 g/mol. The van der Waals surface area contributed by atoms with Crippen molar-refractivity contribution in [3.05, 3.63) is 44.5 Å². The highest BCUT2D eigenvalue weighted by Crippen LogP contribution is 2.23. The molecule has 1 aromatic carbocycles. The normalized spacial score (nSPS) is 19.2. The first-order chi connectivity index (χ1) is 9.99. The highest BCUT2D eigenvalue weighted by molar-refractivity contribution is 6.00. The molecule has 0 spiro atoms. The molecule has 3 rings (SSSR count). The van der Waals surface area contributed by atoms with Crippen LogP contribution < -0.4 is 11.1 Å². The van der Waals surface area contributed by atoms with Gasteiger partial charge in [-0.25, -0.2) is 4.79 Å². The summed E-state index contributed by atoms with van der Waals surface area (Å²) in [5.74, 6) is -1.13. The topological polar surface area (TPSA) is 95.4 Å². The Kier molecular flexibility index (Phi) is 3.13. The highest BCUT2D eigenvalue weighted by Gasteiger charge is 2.25. The SMILES string of the molecule is CN1CCC(n2c(=O)c(=O)[nH]c3c(C(=O)O)cccc32)C1. The smallest absolute Gasteiger partial charge is 0.337 e. The Morgan fingerprint density at radius 2 is 2.14 bits per heavy atom. The molecule has 2 aromatic rings. The van der Waals surface area contributed by atoms with Crippen molar-refractivity contribution in [3.63, 3.8) is 0 Å². The Morgan fingerprint density at radius 1 is 1.38 bits per heavy atom. The van der Waals surface area contributed by atoms with Crippen molar-refractivity contribution in [3.8, 4) is 0 Å². The zero-order valence-electron chi connectivity index (χ0n) is 11.5. The van der Waals surface area contributed by atoms with E-state index < -0.39 is 17.1 Å². The summed E-state index contributed by atoms with van der Waals surface area (Å²) < 4.78 is 1.43. The van der Waals surface area contributed by atoms with Gasteiger partial charge in [-0.05, 0) is 32.1 Å². The second kappa shape index (κ2) is 4.85.